The van der Waals surface area contributed by atoms with Crippen molar-refractivity contribution in [1.82, 2.24) is 10.6 Å². The summed E-state index contributed by atoms with van der Waals surface area (Å²) < 4.78 is 16.2. The average Bonchev–Trinajstić information content (AvgIpc) is 2.51. The Balaban J connectivity index is 0.00000441. The number of halogens is 1. The van der Waals surface area contributed by atoms with Crippen molar-refractivity contribution in [1.29, 1.82) is 0 Å². The van der Waals surface area contributed by atoms with E-state index < -0.39 is 0 Å². The molecule has 0 radical (unpaired) electrons. The molecule has 0 bridgehead atoms. The summed E-state index contributed by atoms with van der Waals surface area (Å²) in [5.74, 6) is 1.76. The highest BCUT2D eigenvalue weighted by Crippen LogP contribution is 2.38. The third kappa shape index (κ3) is 5.99. The molecule has 0 heterocycles. The van der Waals surface area contributed by atoms with Crippen molar-refractivity contribution in [3.05, 3.63) is 17.7 Å². The Hall–Kier alpha value is -1.66. The molecule has 0 aliphatic rings. The van der Waals surface area contributed by atoms with E-state index in [2.05, 4.69) is 10.6 Å². The van der Waals surface area contributed by atoms with Crippen molar-refractivity contribution in [2.24, 2.45) is 0 Å². The number of benzene rings is 1. The third-order valence-corrected chi connectivity index (χ3v) is 2.90. The SMILES string of the molecule is CCOc1c(OC)cc(CNC(=O)CCNC)cc1OC.Cl. The Kier molecular flexibility index (Phi) is 10.2. The second-order valence-corrected chi connectivity index (χ2v) is 4.39. The number of nitrogens with one attached hydrogen (secondary N) is 2. The van der Waals surface area contributed by atoms with E-state index in [4.69, 9.17) is 14.2 Å². The fourth-order valence-corrected chi connectivity index (χ4v) is 1.85. The molecular weight excluding hydrogens is 308 g/mol. The summed E-state index contributed by atoms with van der Waals surface area (Å²) in [4.78, 5) is 11.6. The summed E-state index contributed by atoms with van der Waals surface area (Å²) in [7, 11) is 4.97. The monoisotopic (exact) mass is 332 g/mol. The first-order valence-electron chi connectivity index (χ1n) is 6.95. The van der Waals surface area contributed by atoms with Crippen LogP contribution in [-0.2, 0) is 11.3 Å². The summed E-state index contributed by atoms with van der Waals surface area (Å²) >= 11 is 0. The minimum atomic E-state index is -0.00355. The first kappa shape index (κ1) is 20.3. The van der Waals surface area contributed by atoms with Gasteiger partial charge in [0.25, 0.3) is 0 Å². The Bertz CT molecular complexity index is 444. The minimum Gasteiger partial charge on any atom is -0.493 e. The maximum Gasteiger partial charge on any atom is 0.221 e. The van der Waals surface area contributed by atoms with Gasteiger partial charge in [-0.1, -0.05) is 0 Å². The Labute approximate surface area is 137 Å². The fraction of sp³-hybridized carbons (Fsp3) is 0.533. The maximum atomic E-state index is 11.6. The van der Waals surface area contributed by atoms with E-state index in [-0.39, 0.29) is 18.3 Å². The zero-order valence-corrected chi connectivity index (χ0v) is 14.3. The molecule has 0 fully saturated rings. The van der Waals surface area contributed by atoms with E-state index >= 15 is 0 Å². The van der Waals surface area contributed by atoms with Crippen LogP contribution in [0.4, 0.5) is 0 Å². The van der Waals surface area contributed by atoms with Crippen LogP contribution in [0.2, 0.25) is 0 Å². The van der Waals surface area contributed by atoms with E-state index in [9.17, 15) is 4.79 Å². The van der Waals surface area contributed by atoms with Crippen LogP contribution < -0.4 is 24.8 Å². The molecule has 0 spiro atoms. The standard InChI is InChI=1S/C15H24N2O4.ClH/c1-5-21-15-12(19-3)8-11(9-13(15)20-4)10-17-14(18)6-7-16-2;/h8-9,16H,5-7,10H2,1-4H3,(H,17,18);1H. The number of hydrogen-bond donors (Lipinski definition) is 2. The molecule has 6 nitrogen and oxygen atoms in total. The van der Waals surface area contributed by atoms with Crippen LogP contribution in [0.5, 0.6) is 17.2 Å². The van der Waals surface area contributed by atoms with Gasteiger partial charge in [0.1, 0.15) is 0 Å². The fourth-order valence-electron chi connectivity index (χ4n) is 1.85. The van der Waals surface area contributed by atoms with Gasteiger partial charge >= 0.3 is 0 Å². The quantitative estimate of drug-likeness (QED) is 0.721. The smallest absolute Gasteiger partial charge is 0.221 e. The maximum absolute atomic E-state index is 11.6. The lowest BCUT2D eigenvalue weighted by Crippen LogP contribution is -2.26. The second kappa shape index (κ2) is 11.0. The summed E-state index contributed by atoms with van der Waals surface area (Å²) in [5, 5.41) is 5.79. The van der Waals surface area contributed by atoms with Crippen molar-refractivity contribution in [3.8, 4) is 17.2 Å². The molecule has 1 aromatic carbocycles. The Morgan fingerprint density at radius 3 is 2.23 bits per heavy atom. The number of ether oxygens (including phenoxy) is 3. The van der Waals surface area contributed by atoms with Crippen molar-refractivity contribution < 1.29 is 19.0 Å². The van der Waals surface area contributed by atoms with E-state index in [1.165, 1.54) is 0 Å². The number of carbonyl (C=O) groups excluding carboxylic acids is 1. The average molecular weight is 333 g/mol. The highest BCUT2D eigenvalue weighted by molar-refractivity contribution is 5.85. The number of rotatable bonds is 9. The molecule has 22 heavy (non-hydrogen) atoms. The van der Waals surface area contributed by atoms with Crippen LogP contribution in [0.15, 0.2) is 12.1 Å². The van der Waals surface area contributed by atoms with Gasteiger partial charge in [-0.3, -0.25) is 4.79 Å². The zero-order chi connectivity index (χ0) is 15.7. The summed E-state index contributed by atoms with van der Waals surface area (Å²) in [6.07, 6.45) is 0.446. The Morgan fingerprint density at radius 1 is 1.18 bits per heavy atom. The van der Waals surface area contributed by atoms with Crippen molar-refractivity contribution >= 4 is 18.3 Å². The molecule has 126 valence electrons. The van der Waals surface area contributed by atoms with Gasteiger partial charge in [-0.2, -0.15) is 0 Å². The first-order chi connectivity index (χ1) is 10.2. The molecule has 1 aromatic rings. The molecule has 1 rings (SSSR count). The van der Waals surface area contributed by atoms with Crippen LogP contribution in [0.3, 0.4) is 0 Å². The molecule has 0 atom stereocenters. The second-order valence-electron chi connectivity index (χ2n) is 4.39. The van der Waals surface area contributed by atoms with Crippen molar-refractivity contribution in [2.75, 3.05) is 34.4 Å². The van der Waals surface area contributed by atoms with Crippen molar-refractivity contribution in [2.45, 2.75) is 19.9 Å². The van der Waals surface area contributed by atoms with Gasteiger partial charge in [0, 0.05) is 19.5 Å². The molecule has 0 aliphatic heterocycles. The molecule has 0 unspecified atom stereocenters. The normalized spacial score (nSPS) is 9.64. The molecule has 0 saturated heterocycles. The summed E-state index contributed by atoms with van der Waals surface area (Å²) in [6, 6.07) is 3.68. The molecule has 1 amide bonds. The molecule has 0 aliphatic carbocycles. The van der Waals surface area contributed by atoms with Gasteiger partial charge < -0.3 is 24.8 Å². The predicted octanol–water partition coefficient (Wildman–Crippen LogP) is 1.75. The molecular formula is C15H25ClN2O4. The van der Waals surface area contributed by atoms with E-state index in [0.29, 0.717) is 43.4 Å². The van der Waals surface area contributed by atoms with Gasteiger partial charge in [-0.15, -0.1) is 12.4 Å². The minimum absolute atomic E-state index is 0. The van der Waals surface area contributed by atoms with E-state index in [1.54, 1.807) is 14.2 Å². The van der Waals surface area contributed by atoms with Gasteiger partial charge in [-0.25, -0.2) is 0 Å². The highest BCUT2D eigenvalue weighted by Gasteiger charge is 2.14. The summed E-state index contributed by atoms with van der Waals surface area (Å²) in [6.45, 7) is 3.49. The largest absolute Gasteiger partial charge is 0.493 e. The number of carbonyl (C=O) groups is 1. The van der Waals surface area contributed by atoms with Crippen LogP contribution >= 0.6 is 12.4 Å². The molecule has 7 heteroatoms. The molecule has 2 N–H and O–H groups in total. The highest BCUT2D eigenvalue weighted by atomic mass is 35.5. The summed E-state index contributed by atoms with van der Waals surface area (Å²) in [5.41, 5.74) is 0.893. The lowest BCUT2D eigenvalue weighted by molar-refractivity contribution is -0.121. The van der Waals surface area contributed by atoms with Crippen LogP contribution in [-0.4, -0.2) is 40.3 Å². The van der Waals surface area contributed by atoms with E-state index in [0.717, 1.165) is 5.56 Å². The predicted molar refractivity (Wildman–Crippen MR) is 88.4 cm³/mol. The van der Waals surface area contributed by atoms with Crippen LogP contribution in [0, 0.1) is 0 Å². The number of amides is 1. The zero-order valence-electron chi connectivity index (χ0n) is 13.5. The number of hydrogen-bond acceptors (Lipinski definition) is 5. The van der Waals surface area contributed by atoms with Crippen LogP contribution in [0.1, 0.15) is 18.9 Å². The van der Waals surface area contributed by atoms with Gasteiger partial charge in [0.05, 0.1) is 20.8 Å². The van der Waals surface area contributed by atoms with Crippen molar-refractivity contribution in [3.63, 3.8) is 0 Å². The van der Waals surface area contributed by atoms with E-state index in [1.807, 2.05) is 26.1 Å². The topological polar surface area (TPSA) is 68.8 Å². The van der Waals surface area contributed by atoms with Gasteiger partial charge in [0.15, 0.2) is 11.5 Å². The lowest BCUT2D eigenvalue weighted by Gasteiger charge is -2.15. The molecule has 0 saturated carbocycles. The van der Waals surface area contributed by atoms with Gasteiger partial charge in [-0.05, 0) is 31.7 Å². The first-order valence-corrected chi connectivity index (χ1v) is 6.95. The van der Waals surface area contributed by atoms with Gasteiger partial charge in [0.2, 0.25) is 11.7 Å². The number of methoxy groups -OCH3 is 2. The Morgan fingerprint density at radius 2 is 1.77 bits per heavy atom. The third-order valence-electron chi connectivity index (χ3n) is 2.90. The molecule has 0 aromatic heterocycles. The lowest BCUT2D eigenvalue weighted by atomic mass is 10.1. The van der Waals surface area contributed by atoms with Crippen LogP contribution in [0.25, 0.3) is 0 Å².